The first-order valence-electron chi connectivity index (χ1n) is 15.3. The monoisotopic (exact) mass is 698 g/mol. The summed E-state index contributed by atoms with van der Waals surface area (Å²) in [4.78, 5) is 61.6. The average molecular weight is 700 g/mol. The lowest BCUT2D eigenvalue weighted by Gasteiger charge is -2.50. The molecule has 3 aromatic rings. The number of nitrogens with one attached hydrogen (secondary N) is 1. The minimum atomic E-state index is -4.73. The van der Waals surface area contributed by atoms with Crippen LogP contribution in [0, 0.1) is 23.7 Å². The number of alkyl halides is 3. The van der Waals surface area contributed by atoms with Crippen LogP contribution >= 0.6 is 23.2 Å². The van der Waals surface area contributed by atoms with Crippen molar-refractivity contribution in [1.29, 1.82) is 0 Å². The van der Waals surface area contributed by atoms with Crippen LogP contribution in [0.4, 0.5) is 19.0 Å². The van der Waals surface area contributed by atoms with E-state index in [0.717, 1.165) is 0 Å². The number of hydrogen-bond acceptors (Lipinski definition) is 7. The number of carbonyl (C=O) groups excluding carboxylic acids is 4. The van der Waals surface area contributed by atoms with Gasteiger partial charge >= 0.3 is 6.18 Å². The molecule has 3 fully saturated rings. The number of pyridine rings is 1. The first-order valence-corrected chi connectivity index (χ1v) is 16.0. The Kier molecular flexibility index (Phi) is 7.59. The number of imide groups is 2. The van der Waals surface area contributed by atoms with Crippen LogP contribution in [0.15, 0.2) is 72.4 Å². The fourth-order valence-corrected chi connectivity index (χ4v) is 8.57. The van der Waals surface area contributed by atoms with E-state index in [1.807, 2.05) is 6.08 Å². The third kappa shape index (κ3) is 4.56. The van der Waals surface area contributed by atoms with Crippen molar-refractivity contribution in [3.8, 4) is 5.75 Å². The van der Waals surface area contributed by atoms with Crippen LogP contribution in [0.1, 0.15) is 42.4 Å². The van der Waals surface area contributed by atoms with Crippen molar-refractivity contribution in [2.45, 2.75) is 37.3 Å². The number of fused-ring (bicyclic) bond motifs is 4. The van der Waals surface area contributed by atoms with E-state index in [-0.39, 0.29) is 42.8 Å². The van der Waals surface area contributed by atoms with Gasteiger partial charge in [-0.15, -0.1) is 0 Å². The van der Waals surface area contributed by atoms with E-state index in [1.165, 1.54) is 11.0 Å². The molecular weight excluding hydrogens is 672 g/mol. The molecule has 2 saturated heterocycles. The maximum Gasteiger partial charge on any atom is 0.417 e. The van der Waals surface area contributed by atoms with E-state index in [4.69, 9.17) is 23.2 Å². The van der Waals surface area contributed by atoms with Gasteiger partial charge in [-0.05, 0) is 55.5 Å². The Morgan fingerprint density at radius 2 is 1.71 bits per heavy atom. The first-order chi connectivity index (χ1) is 22.8. The molecule has 0 radical (unpaired) electrons. The van der Waals surface area contributed by atoms with Gasteiger partial charge in [0.05, 0.1) is 33.8 Å². The minimum Gasteiger partial charge on any atom is -0.508 e. The highest BCUT2D eigenvalue weighted by molar-refractivity contribution is 6.33. The van der Waals surface area contributed by atoms with Crippen molar-refractivity contribution >= 4 is 52.6 Å². The van der Waals surface area contributed by atoms with Crippen LogP contribution in [0.25, 0.3) is 0 Å². The molecule has 2 aliphatic heterocycles. The lowest BCUT2D eigenvalue weighted by Crippen LogP contribution is -2.53. The maximum absolute atomic E-state index is 15.0. The van der Waals surface area contributed by atoms with Crippen molar-refractivity contribution in [2.75, 3.05) is 12.0 Å². The van der Waals surface area contributed by atoms with Crippen molar-refractivity contribution in [2.24, 2.45) is 23.7 Å². The molecule has 248 valence electrons. The summed E-state index contributed by atoms with van der Waals surface area (Å²) in [6, 6.07) is 13.4. The number of allylic oxidation sites excluding steroid dienone is 2. The third-order valence-corrected chi connectivity index (χ3v) is 10.8. The van der Waals surface area contributed by atoms with Gasteiger partial charge in [0.1, 0.15) is 5.75 Å². The number of para-hydroxylation sites is 1. The number of likely N-dealkylation sites (tertiary alicyclic amines) is 1. The second kappa shape index (κ2) is 11.3. The number of phenols is 1. The molecule has 9 nitrogen and oxygen atoms in total. The molecular formula is C34H27Cl2F3N4O5. The van der Waals surface area contributed by atoms with Crippen molar-refractivity contribution in [1.82, 2.24) is 14.9 Å². The third-order valence-electron chi connectivity index (χ3n) is 10.2. The highest BCUT2D eigenvalue weighted by Gasteiger charge is 2.70. The normalized spacial score (nSPS) is 28.3. The predicted octanol–water partition coefficient (Wildman–Crippen LogP) is 6.12. The zero-order valence-corrected chi connectivity index (χ0v) is 26.7. The van der Waals surface area contributed by atoms with E-state index in [1.54, 1.807) is 49.4 Å². The standard InChI is InChI=1S/C34H27Cl2F3N4O5/c1-2-42-29(45)21-12-11-19-22(26(21)31(42)47)14-23-30(46)43(41-28-24(36)13-17(15-40-28)34(37,38)39)32(48)33(23,16-7-9-18(35)10-8-16)27(19)20-5-3-4-6-25(20)44/h3-11,13,15,21-23,26-27,44H,2,12,14H2,1H3,(H,40,41)/t21-,22+,23-,26-,27+,33+/m0/s1. The van der Waals surface area contributed by atoms with Gasteiger partial charge in [0.25, 0.3) is 11.8 Å². The Morgan fingerprint density at radius 1 is 1.00 bits per heavy atom. The highest BCUT2D eigenvalue weighted by Crippen LogP contribution is 2.64. The molecule has 6 atom stereocenters. The lowest BCUT2D eigenvalue weighted by molar-refractivity contribution is -0.141. The zero-order valence-electron chi connectivity index (χ0n) is 25.2. The van der Waals surface area contributed by atoms with Gasteiger partial charge in [0.15, 0.2) is 5.82 Å². The summed E-state index contributed by atoms with van der Waals surface area (Å²) in [7, 11) is 0. The van der Waals surface area contributed by atoms with Crippen LogP contribution in [-0.4, -0.2) is 50.2 Å². The number of carbonyl (C=O) groups is 4. The van der Waals surface area contributed by atoms with Crippen LogP contribution < -0.4 is 5.43 Å². The van der Waals surface area contributed by atoms with E-state index in [9.17, 15) is 32.7 Å². The number of hydrogen-bond donors (Lipinski definition) is 2. The molecule has 4 amide bonds. The Hall–Kier alpha value is -4.42. The molecule has 4 aliphatic rings. The number of anilines is 1. The number of amides is 4. The van der Waals surface area contributed by atoms with Crippen LogP contribution in [0.3, 0.4) is 0 Å². The van der Waals surface area contributed by atoms with Gasteiger partial charge in [-0.3, -0.25) is 29.5 Å². The Bertz CT molecular complexity index is 1920. The fraction of sp³-hybridized carbons (Fsp3) is 0.324. The summed E-state index contributed by atoms with van der Waals surface area (Å²) in [5.74, 6) is -6.89. The first kappa shape index (κ1) is 32.1. The number of aromatic nitrogens is 1. The predicted molar refractivity (Wildman–Crippen MR) is 167 cm³/mol. The summed E-state index contributed by atoms with van der Waals surface area (Å²) in [6.07, 6.45) is -2.14. The number of rotatable bonds is 5. The van der Waals surface area contributed by atoms with E-state index in [0.29, 0.717) is 39.0 Å². The fourth-order valence-electron chi connectivity index (χ4n) is 8.24. The van der Waals surface area contributed by atoms with Crippen LogP contribution in [0.2, 0.25) is 10.0 Å². The van der Waals surface area contributed by atoms with Gasteiger partial charge in [-0.1, -0.05) is 65.2 Å². The molecule has 7 rings (SSSR count). The van der Waals surface area contributed by atoms with Gasteiger partial charge in [-0.2, -0.15) is 18.2 Å². The summed E-state index contributed by atoms with van der Waals surface area (Å²) in [5.41, 5.74) is 1.09. The molecule has 1 saturated carbocycles. The average Bonchev–Trinajstić information content (AvgIpc) is 3.42. The minimum absolute atomic E-state index is 0.00672. The number of phenolic OH excluding ortho intramolecular Hbond substituents is 1. The molecule has 2 aromatic carbocycles. The van der Waals surface area contributed by atoms with Gasteiger partial charge in [-0.25, -0.2) is 4.98 Å². The Morgan fingerprint density at radius 3 is 2.35 bits per heavy atom. The number of benzene rings is 2. The SMILES string of the molecule is CCN1C(=O)[C@H]2[C@H](CC=C3[C@H]2C[C@H]2C(=O)N(Nc4ncc(C(F)(F)F)cc4Cl)C(=O)[C@@]2(c2ccc(Cl)cc2)[C@H]3c2ccccc2O)C1=O. The molecule has 14 heteroatoms. The van der Waals surface area contributed by atoms with E-state index in [2.05, 4.69) is 10.4 Å². The summed E-state index contributed by atoms with van der Waals surface area (Å²) >= 11 is 12.4. The van der Waals surface area contributed by atoms with Crippen LogP contribution in [0.5, 0.6) is 5.75 Å². The molecule has 48 heavy (non-hydrogen) atoms. The second-order valence-corrected chi connectivity index (χ2v) is 13.2. The van der Waals surface area contributed by atoms with E-state index >= 15 is 4.79 Å². The molecule has 2 N–H and O–H groups in total. The van der Waals surface area contributed by atoms with Gasteiger partial charge < -0.3 is 5.11 Å². The lowest BCUT2D eigenvalue weighted by atomic mass is 9.49. The molecule has 0 spiro atoms. The van der Waals surface area contributed by atoms with Gasteiger partial charge in [0.2, 0.25) is 11.8 Å². The van der Waals surface area contributed by atoms with Gasteiger partial charge in [0, 0.05) is 29.2 Å². The summed E-state index contributed by atoms with van der Waals surface area (Å²) < 4.78 is 40.0. The van der Waals surface area contributed by atoms with Crippen molar-refractivity contribution in [3.05, 3.63) is 99.2 Å². The molecule has 0 unspecified atom stereocenters. The molecule has 3 heterocycles. The van der Waals surface area contributed by atoms with E-state index < -0.39 is 63.6 Å². The largest absolute Gasteiger partial charge is 0.508 e. The zero-order chi connectivity index (χ0) is 34.3. The quantitative estimate of drug-likeness (QED) is 0.244. The number of nitrogens with zero attached hydrogens (tertiary/aromatic N) is 3. The number of aromatic hydroxyl groups is 1. The summed E-state index contributed by atoms with van der Waals surface area (Å²) in [6.45, 7) is 1.89. The topological polar surface area (TPSA) is 120 Å². The number of halogens is 5. The summed E-state index contributed by atoms with van der Waals surface area (Å²) in [5, 5.41) is 11.9. The molecule has 2 aliphatic carbocycles. The van der Waals surface area contributed by atoms with Crippen LogP contribution in [-0.2, 0) is 30.8 Å². The molecule has 1 aromatic heterocycles. The maximum atomic E-state index is 15.0. The Balaban J connectivity index is 1.44. The number of hydrazine groups is 1. The Labute approximate surface area is 282 Å². The smallest absolute Gasteiger partial charge is 0.417 e. The van der Waals surface area contributed by atoms with Crippen molar-refractivity contribution < 1.29 is 37.5 Å². The second-order valence-electron chi connectivity index (χ2n) is 12.4. The molecule has 0 bridgehead atoms. The highest BCUT2D eigenvalue weighted by atomic mass is 35.5. The van der Waals surface area contributed by atoms with Crippen molar-refractivity contribution in [3.63, 3.8) is 0 Å².